The standard InChI is InChI=1S/C57H39NO/c1-57(2)52-34-40-15-6-5-14-39(40)32-50(52)48-19-11-20-53(56(48)57)58(44-27-24-37(25-28-44)41-26-29-55-51(33-41)47-18-9-10-21-54(47)59-55)45-31-42-16-7-8-17-46(42)49(35-45)43-23-22-36-12-3-4-13-38(36)30-43/h3-35H,1-2H3. The van der Waals surface area contributed by atoms with Gasteiger partial charge in [0.15, 0.2) is 0 Å². The van der Waals surface area contributed by atoms with Crippen LogP contribution >= 0.6 is 0 Å². The Morgan fingerprint density at radius 2 is 1.02 bits per heavy atom. The number of furan rings is 1. The Kier molecular flexibility index (Phi) is 7.31. The van der Waals surface area contributed by atoms with Crippen molar-refractivity contribution in [2.45, 2.75) is 19.3 Å². The zero-order chi connectivity index (χ0) is 39.2. The first-order valence-electron chi connectivity index (χ1n) is 20.5. The Morgan fingerprint density at radius 3 is 1.83 bits per heavy atom. The van der Waals surface area contributed by atoms with Crippen LogP contribution in [0.15, 0.2) is 205 Å². The highest BCUT2D eigenvalue weighted by atomic mass is 16.3. The molecule has 12 rings (SSSR count). The molecular formula is C57H39NO. The number of nitrogens with zero attached hydrogens (tertiary/aromatic N) is 1. The Morgan fingerprint density at radius 1 is 0.373 bits per heavy atom. The summed E-state index contributed by atoms with van der Waals surface area (Å²) >= 11 is 0. The lowest BCUT2D eigenvalue weighted by Crippen LogP contribution is -2.20. The smallest absolute Gasteiger partial charge is 0.135 e. The average Bonchev–Trinajstić information content (AvgIpc) is 3.76. The van der Waals surface area contributed by atoms with E-state index in [1.807, 2.05) is 12.1 Å². The summed E-state index contributed by atoms with van der Waals surface area (Å²) in [5, 5.41) is 9.74. The first kappa shape index (κ1) is 33.7. The van der Waals surface area contributed by atoms with Crippen molar-refractivity contribution in [1.82, 2.24) is 0 Å². The molecule has 0 amide bonds. The first-order chi connectivity index (χ1) is 29.0. The minimum Gasteiger partial charge on any atom is -0.456 e. The Bertz CT molecular complexity index is 3480. The van der Waals surface area contributed by atoms with Gasteiger partial charge >= 0.3 is 0 Å². The van der Waals surface area contributed by atoms with E-state index in [1.165, 1.54) is 71.4 Å². The highest BCUT2D eigenvalue weighted by molar-refractivity contribution is 6.07. The van der Waals surface area contributed by atoms with Gasteiger partial charge < -0.3 is 9.32 Å². The molecule has 0 bridgehead atoms. The molecule has 0 aliphatic heterocycles. The molecule has 59 heavy (non-hydrogen) atoms. The average molecular weight is 754 g/mol. The summed E-state index contributed by atoms with van der Waals surface area (Å²) in [6.07, 6.45) is 0. The van der Waals surface area contributed by atoms with Crippen LogP contribution in [0, 0.1) is 0 Å². The molecule has 0 fully saturated rings. The van der Waals surface area contributed by atoms with Gasteiger partial charge in [-0.3, -0.25) is 0 Å². The zero-order valence-corrected chi connectivity index (χ0v) is 32.9. The second kappa shape index (κ2) is 12.8. The minimum absolute atomic E-state index is 0.246. The van der Waals surface area contributed by atoms with E-state index in [4.69, 9.17) is 4.42 Å². The van der Waals surface area contributed by atoms with Gasteiger partial charge in [-0.1, -0.05) is 147 Å². The van der Waals surface area contributed by atoms with Crippen molar-refractivity contribution in [3.8, 4) is 33.4 Å². The van der Waals surface area contributed by atoms with Gasteiger partial charge in [-0.2, -0.15) is 0 Å². The van der Waals surface area contributed by atoms with Crippen molar-refractivity contribution in [2.24, 2.45) is 0 Å². The maximum Gasteiger partial charge on any atom is 0.135 e. The molecule has 0 saturated carbocycles. The van der Waals surface area contributed by atoms with Crippen molar-refractivity contribution < 1.29 is 4.42 Å². The largest absolute Gasteiger partial charge is 0.456 e. The van der Waals surface area contributed by atoms with Gasteiger partial charge in [-0.25, -0.2) is 0 Å². The summed E-state index contributed by atoms with van der Waals surface area (Å²) in [7, 11) is 0. The molecule has 10 aromatic carbocycles. The molecule has 0 saturated heterocycles. The number of para-hydroxylation sites is 1. The van der Waals surface area contributed by atoms with E-state index in [0.717, 1.165) is 44.4 Å². The molecule has 1 aliphatic rings. The molecular weight excluding hydrogens is 715 g/mol. The second-order valence-electron chi connectivity index (χ2n) is 16.5. The Hall–Kier alpha value is -7.42. The monoisotopic (exact) mass is 753 g/mol. The van der Waals surface area contributed by atoms with Gasteiger partial charge in [0.25, 0.3) is 0 Å². The maximum atomic E-state index is 6.18. The quantitative estimate of drug-likeness (QED) is 0.174. The lowest BCUT2D eigenvalue weighted by Gasteiger charge is -2.33. The van der Waals surface area contributed by atoms with Gasteiger partial charge in [0.2, 0.25) is 0 Å². The van der Waals surface area contributed by atoms with Crippen LogP contribution in [0.25, 0.3) is 87.6 Å². The normalized spacial score (nSPS) is 13.1. The van der Waals surface area contributed by atoms with Crippen LogP contribution in [-0.2, 0) is 5.41 Å². The van der Waals surface area contributed by atoms with Crippen molar-refractivity contribution in [3.05, 3.63) is 211 Å². The van der Waals surface area contributed by atoms with Crippen LogP contribution < -0.4 is 4.90 Å². The first-order valence-corrected chi connectivity index (χ1v) is 20.5. The lowest BCUT2D eigenvalue weighted by molar-refractivity contribution is 0.661. The predicted octanol–water partition coefficient (Wildman–Crippen LogP) is 16.2. The third-order valence-electron chi connectivity index (χ3n) is 12.8. The van der Waals surface area contributed by atoms with E-state index in [-0.39, 0.29) is 5.41 Å². The van der Waals surface area contributed by atoms with Gasteiger partial charge in [0, 0.05) is 27.6 Å². The highest BCUT2D eigenvalue weighted by Gasteiger charge is 2.39. The number of fused-ring (bicyclic) bond motifs is 9. The van der Waals surface area contributed by atoms with E-state index >= 15 is 0 Å². The molecule has 1 aliphatic carbocycles. The molecule has 2 nitrogen and oxygen atoms in total. The SMILES string of the molecule is CC1(C)c2cc3ccccc3cc2-c2cccc(N(c3ccc(-c4ccc5oc6ccccc6c5c4)cc3)c3cc(-c4ccc5ccccc5c4)c4ccccc4c3)c21. The van der Waals surface area contributed by atoms with E-state index in [0.29, 0.717) is 0 Å². The van der Waals surface area contributed by atoms with Crippen LogP contribution in [0.5, 0.6) is 0 Å². The summed E-state index contributed by atoms with van der Waals surface area (Å²) in [6, 6.07) is 73.5. The van der Waals surface area contributed by atoms with Crippen molar-refractivity contribution in [2.75, 3.05) is 4.90 Å². The summed E-state index contributed by atoms with van der Waals surface area (Å²) in [5.41, 5.74) is 15.1. The number of benzene rings is 10. The topological polar surface area (TPSA) is 16.4 Å². The van der Waals surface area contributed by atoms with Gasteiger partial charge in [0.1, 0.15) is 11.2 Å². The Labute approximate surface area is 343 Å². The third-order valence-corrected chi connectivity index (χ3v) is 12.8. The van der Waals surface area contributed by atoms with Gasteiger partial charge in [-0.05, 0) is 144 Å². The fourth-order valence-electron chi connectivity index (χ4n) is 9.88. The van der Waals surface area contributed by atoms with Crippen LogP contribution in [0.4, 0.5) is 17.1 Å². The fourth-order valence-corrected chi connectivity index (χ4v) is 9.88. The molecule has 2 heteroatoms. The van der Waals surface area contributed by atoms with Crippen LogP contribution in [-0.4, -0.2) is 0 Å². The number of anilines is 3. The van der Waals surface area contributed by atoms with E-state index in [9.17, 15) is 0 Å². The fraction of sp³-hybridized carbons (Fsp3) is 0.0526. The van der Waals surface area contributed by atoms with Crippen LogP contribution in [0.2, 0.25) is 0 Å². The lowest BCUT2D eigenvalue weighted by atomic mass is 9.80. The number of hydrogen-bond donors (Lipinski definition) is 0. The van der Waals surface area contributed by atoms with Crippen molar-refractivity contribution in [3.63, 3.8) is 0 Å². The molecule has 11 aromatic rings. The predicted molar refractivity (Wildman–Crippen MR) is 249 cm³/mol. The highest BCUT2D eigenvalue weighted by Crippen LogP contribution is 2.55. The Balaban J connectivity index is 1.07. The zero-order valence-electron chi connectivity index (χ0n) is 32.9. The van der Waals surface area contributed by atoms with Gasteiger partial charge in [0.05, 0.1) is 5.69 Å². The van der Waals surface area contributed by atoms with Crippen molar-refractivity contribution in [1.29, 1.82) is 0 Å². The van der Waals surface area contributed by atoms with E-state index in [2.05, 4.69) is 207 Å². The summed E-state index contributed by atoms with van der Waals surface area (Å²) in [5.74, 6) is 0. The summed E-state index contributed by atoms with van der Waals surface area (Å²) < 4.78 is 6.18. The minimum atomic E-state index is -0.246. The molecule has 0 unspecified atom stereocenters. The summed E-state index contributed by atoms with van der Waals surface area (Å²) in [6.45, 7) is 4.79. The molecule has 1 heterocycles. The summed E-state index contributed by atoms with van der Waals surface area (Å²) in [4.78, 5) is 2.50. The van der Waals surface area contributed by atoms with E-state index < -0.39 is 0 Å². The van der Waals surface area contributed by atoms with E-state index in [1.54, 1.807) is 0 Å². The molecule has 0 N–H and O–H groups in total. The van der Waals surface area contributed by atoms with Crippen molar-refractivity contribution >= 4 is 71.3 Å². The van der Waals surface area contributed by atoms with Crippen LogP contribution in [0.1, 0.15) is 25.0 Å². The number of hydrogen-bond acceptors (Lipinski definition) is 2. The molecule has 278 valence electrons. The number of rotatable bonds is 5. The molecule has 0 atom stereocenters. The second-order valence-corrected chi connectivity index (χ2v) is 16.5. The molecule has 0 radical (unpaired) electrons. The third kappa shape index (κ3) is 5.26. The van der Waals surface area contributed by atoms with Gasteiger partial charge in [-0.15, -0.1) is 0 Å². The maximum absolute atomic E-state index is 6.18. The molecule has 0 spiro atoms. The van der Waals surface area contributed by atoms with Crippen LogP contribution in [0.3, 0.4) is 0 Å². The molecule has 1 aromatic heterocycles.